The summed E-state index contributed by atoms with van der Waals surface area (Å²) < 4.78 is 12.7. The molecule has 0 atom stereocenters. The van der Waals surface area contributed by atoms with Gasteiger partial charge in [-0.25, -0.2) is 0 Å². The van der Waals surface area contributed by atoms with Crippen LogP contribution >= 0.6 is 11.8 Å². The zero-order chi connectivity index (χ0) is 47.2. The number of carbonyl (C=O) groups excluding carboxylic acids is 3. The molecule has 0 amide bonds. The van der Waals surface area contributed by atoms with Gasteiger partial charge in [-0.1, -0.05) is 126 Å². The van der Waals surface area contributed by atoms with Gasteiger partial charge in [-0.05, 0) is 165 Å². The van der Waals surface area contributed by atoms with Crippen molar-refractivity contribution < 1.29 is 29.0 Å². The van der Waals surface area contributed by atoms with Gasteiger partial charge in [0.1, 0.15) is 17.2 Å². The average molecular weight is 919 g/mol. The van der Waals surface area contributed by atoms with E-state index in [1.807, 2.05) is 44.2 Å². The van der Waals surface area contributed by atoms with Crippen molar-refractivity contribution in [3.05, 3.63) is 123 Å². The minimum Gasteiger partial charge on any atom is -0.507 e. The van der Waals surface area contributed by atoms with Crippen LogP contribution in [0.2, 0.25) is 0 Å². The number of benzene rings is 5. The summed E-state index contributed by atoms with van der Waals surface area (Å²) in [6.07, 6.45) is 19.4. The maximum absolute atomic E-state index is 14.3. The molecular formula is C60H70O6S. The number of rotatable bonds is 17. The standard InChI is InChI=1S/C60H70O6S/c1-7-9-11-15-41-19-21-43(22-20-41)36-65-58-37(3)31-46(32-38(58)4)44-27-29-48(30-28-44)67-52-35-51(57(63)54-53(52)55(61)49-17-13-14-18-50(49)56(54)62)47-33-39(5)59(40(6)34-47)66-60(64)45-25-23-42(24-26-45)16-12-10-8-2/h13-14,17-18,27-35,41-43,45,63H,7-12,15-16,19-26,36H2,1-6H3. The van der Waals surface area contributed by atoms with Crippen molar-refractivity contribution in [2.45, 2.75) is 154 Å². The Bertz CT molecular complexity index is 2540. The Balaban J connectivity index is 1.01. The highest BCUT2D eigenvalue weighted by Crippen LogP contribution is 2.47. The molecule has 0 saturated heterocycles. The number of hydrogen-bond acceptors (Lipinski definition) is 7. The van der Waals surface area contributed by atoms with Crippen LogP contribution in [0.25, 0.3) is 22.3 Å². The molecule has 5 aromatic rings. The molecule has 7 heteroatoms. The Hall–Kier alpha value is -5.14. The van der Waals surface area contributed by atoms with E-state index in [1.165, 1.54) is 88.8 Å². The topological polar surface area (TPSA) is 89.9 Å². The van der Waals surface area contributed by atoms with Crippen molar-refractivity contribution in [3.63, 3.8) is 0 Å². The molecule has 0 unspecified atom stereocenters. The smallest absolute Gasteiger partial charge is 0.314 e. The first-order chi connectivity index (χ1) is 32.4. The van der Waals surface area contributed by atoms with Crippen LogP contribution in [0.3, 0.4) is 0 Å². The van der Waals surface area contributed by atoms with E-state index >= 15 is 0 Å². The highest BCUT2D eigenvalue weighted by Gasteiger charge is 2.36. The Kier molecular flexibility index (Phi) is 15.8. The van der Waals surface area contributed by atoms with Crippen LogP contribution in [0.1, 0.15) is 171 Å². The predicted octanol–water partition coefficient (Wildman–Crippen LogP) is 15.9. The largest absolute Gasteiger partial charge is 0.507 e. The number of fused-ring (bicyclic) bond motifs is 2. The second-order valence-electron chi connectivity index (χ2n) is 20.1. The molecule has 67 heavy (non-hydrogen) atoms. The number of ether oxygens (including phenoxy) is 2. The van der Waals surface area contributed by atoms with Crippen LogP contribution in [-0.2, 0) is 4.79 Å². The third kappa shape index (κ3) is 10.9. The molecule has 1 N–H and O–H groups in total. The minimum absolute atomic E-state index is 0.0137. The van der Waals surface area contributed by atoms with Crippen molar-refractivity contribution in [1.82, 2.24) is 0 Å². The molecule has 8 rings (SSSR count). The molecule has 0 bridgehead atoms. The zero-order valence-corrected chi connectivity index (χ0v) is 41.5. The lowest BCUT2D eigenvalue weighted by atomic mass is 9.80. The van der Waals surface area contributed by atoms with Gasteiger partial charge in [-0.15, -0.1) is 0 Å². The first-order valence-corrected chi connectivity index (χ1v) is 26.2. The summed E-state index contributed by atoms with van der Waals surface area (Å²) in [5.74, 6) is 2.53. The molecule has 0 aliphatic heterocycles. The average Bonchev–Trinajstić information content (AvgIpc) is 3.33. The van der Waals surface area contributed by atoms with Crippen molar-refractivity contribution in [3.8, 4) is 39.5 Å². The quantitative estimate of drug-likeness (QED) is 0.0554. The van der Waals surface area contributed by atoms with Gasteiger partial charge in [-0.2, -0.15) is 0 Å². The van der Waals surface area contributed by atoms with Crippen LogP contribution in [0.4, 0.5) is 0 Å². The normalized spacial score (nSPS) is 19.2. The van der Waals surface area contributed by atoms with Gasteiger partial charge in [0.05, 0.1) is 23.7 Å². The second kappa shape index (κ2) is 21.9. The van der Waals surface area contributed by atoms with Crippen molar-refractivity contribution in [2.75, 3.05) is 6.61 Å². The highest BCUT2D eigenvalue weighted by atomic mass is 32.2. The van der Waals surface area contributed by atoms with Gasteiger partial charge in [0.2, 0.25) is 0 Å². The number of aromatic hydroxyl groups is 1. The van der Waals surface area contributed by atoms with E-state index in [-0.39, 0.29) is 45.9 Å². The minimum atomic E-state index is -0.385. The number of aryl methyl sites for hydroxylation is 4. The first kappa shape index (κ1) is 48.3. The molecular weight excluding hydrogens is 849 g/mol. The third-order valence-electron chi connectivity index (χ3n) is 15.0. The summed E-state index contributed by atoms with van der Waals surface area (Å²) in [7, 11) is 0. The Labute approximate surface area is 403 Å². The molecule has 0 heterocycles. The van der Waals surface area contributed by atoms with E-state index in [1.54, 1.807) is 24.3 Å². The van der Waals surface area contributed by atoms with Gasteiger partial charge >= 0.3 is 5.97 Å². The molecule has 352 valence electrons. The number of ketones is 2. The number of phenols is 1. The number of unbranched alkanes of at least 4 members (excludes halogenated alkanes) is 4. The van der Waals surface area contributed by atoms with Crippen LogP contribution in [0.5, 0.6) is 17.2 Å². The SMILES string of the molecule is CCCCCC1CCC(COc2c(C)cc(-c3ccc(Sc4cc(-c5cc(C)c(OC(=O)C6CCC(CCCCC)CC6)c(C)c5)c(O)c5c4C(=O)c4ccccc4C5=O)cc3)cc2C)CC1. The highest BCUT2D eigenvalue weighted by molar-refractivity contribution is 7.99. The lowest BCUT2D eigenvalue weighted by molar-refractivity contribution is -0.140. The molecule has 0 aromatic heterocycles. The van der Waals surface area contributed by atoms with Crippen molar-refractivity contribution in [1.29, 1.82) is 0 Å². The predicted molar refractivity (Wildman–Crippen MR) is 272 cm³/mol. The van der Waals surface area contributed by atoms with Gasteiger partial charge in [0.25, 0.3) is 0 Å². The van der Waals surface area contributed by atoms with Gasteiger partial charge < -0.3 is 14.6 Å². The summed E-state index contributed by atoms with van der Waals surface area (Å²) in [6, 6.07) is 25.1. The Morgan fingerprint density at radius 1 is 0.582 bits per heavy atom. The molecule has 3 aliphatic rings. The maximum atomic E-state index is 14.3. The summed E-state index contributed by atoms with van der Waals surface area (Å²) in [6.45, 7) is 13.4. The number of phenolic OH excluding ortho intramolecular Hbond substituents is 1. The maximum Gasteiger partial charge on any atom is 0.314 e. The van der Waals surface area contributed by atoms with Gasteiger partial charge in [-0.3, -0.25) is 14.4 Å². The molecule has 2 saturated carbocycles. The molecule has 6 nitrogen and oxygen atoms in total. The van der Waals surface area contributed by atoms with E-state index in [0.29, 0.717) is 39.2 Å². The lowest BCUT2D eigenvalue weighted by Gasteiger charge is -2.29. The second-order valence-corrected chi connectivity index (χ2v) is 21.2. The van der Waals surface area contributed by atoms with Gasteiger partial charge in [0, 0.05) is 26.5 Å². The van der Waals surface area contributed by atoms with Crippen LogP contribution in [0, 0.1) is 51.4 Å². The third-order valence-corrected chi connectivity index (χ3v) is 16.1. The lowest BCUT2D eigenvalue weighted by Crippen LogP contribution is -2.26. The fourth-order valence-electron chi connectivity index (χ4n) is 11.1. The molecule has 0 radical (unpaired) electrons. The number of carbonyl (C=O) groups is 3. The number of esters is 1. The van der Waals surface area contributed by atoms with Crippen LogP contribution in [-0.4, -0.2) is 29.2 Å². The zero-order valence-electron chi connectivity index (χ0n) is 40.7. The summed E-state index contributed by atoms with van der Waals surface area (Å²) in [4.78, 5) is 43.6. The van der Waals surface area contributed by atoms with E-state index in [2.05, 4.69) is 52.0 Å². The molecule has 5 aromatic carbocycles. The van der Waals surface area contributed by atoms with E-state index in [9.17, 15) is 19.5 Å². The van der Waals surface area contributed by atoms with Crippen LogP contribution in [0.15, 0.2) is 88.7 Å². The fraction of sp³-hybridized carbons (Fsp3) is 0.450. The molecule has 2 fully saturated rings. The summed E-state index contributed by atoms with van der Waals surface area (Å²) in [5.41, 5.74) is 7.88. The summed E-state index contributed by atoms with van der Waals surface area (Å²) in [5, 5.41) is 12.0. The Morgan fingerprint density at radius 3 is 1.66 bits per heavy atom. The Morgan fingerprint density at radius 2 is 1.09 bits per heavy atom. The van der Waals surface area contributed by atoms with Gasteiger partial charge in [0.15, 0.2) is 11.6 Å². The van der Waals surface area contributed by atoms with E-state index < -0.39 is 0 Å². The fourth-order valence-corrected chi connectivity index (χ4v) is 12.1. The monoisotopic (exact) mass is 918 g/mol. The van der Waals surface area contributed by atoms with E-state index in [4.69, 9.17) is 9.47 Å². The summed E-state index contributed by atoms with van der Waals surface area (Å²) >= 11 is 1.41. The first-order valence-electron chi connectivity index (χ1n) is 25.4. The van der Waals surface area contributed by atoms with Crippen molar-refractivity contribution in [2.24, 2.45) is 23.7 Å². The molecule has 0 spiro atoms. The van der Waals surface area contributed by atoms with E-state index in [0.717, 1.165) is 82.2 Å². The van der Waals surface area contributed by atoms with Crippen LogP contribution < -0.4 is 9.47 Å². The molecule has 3 aliphatic carbocycles. The number of hydrogen-bond donors (Lipinski definition) is 1. The van der Waals surface area contributed by atoms with Crippen molar-refractivity contribution >= 4 is 29.3 Å².